The molecule has 0 N–H and O–H groups in total. The first kappa shape index (κ1) is 24.0. The van der Waals surface area contributed by atoms with Gasteiger partial charge in [0.25, 0.3) is 0 Å². The Morgan fingerprint density at radius 3 is 1.16 bits per heavy atom. The molecular weight excluding hydrogens is 347 g/mol. The molecule has 0 radical (unpaired) electrons. The number of benzene rings is 2. The Labute approximate surface area is 157 Å². The Morgan fingerprint density at radius 2 is 0.920 bits per heavy atom. The number of rotatable bonds is 8. The molecule has 1 atom stereocenters. The predicted octanol–water partition coefficient (Wildman–Crippen LogP) is 5.47. The molecule has 140 valence electrons. The van der Waals surface area contributed by atoms with Crippen molar-refractivity contribution in [1.29, 1.82) is 0 Å². The summed E-state index contributed by atoms with van der Waals surface area (Å²) in [6.07, 6.45) is 0. The van der Waals surface area contributed by atoms with E-state index in [0.717, 1.165) is 6.04 Å². The van der Waals surface area contributed by atoms with E-state index >= 15 is 0 Å². The van der Waals surface area contributed by atoms with Crippen molar-refractivity contribution < 1.29 is 13.3 Å². The fraction of sp³-hybridized carbons (Fsp3) is 0.400. The van der Waals surface area contributed by atoms with Crippen molar-refractivity contribution >= 4 is 18.7 Å². The van der Waals surface area contributed by atoms with Crippen molar-refractivity contribution in [3.8, 4) is 11.1 Å². The van der Waals surface area contributed by atoms with Gasteiger partial charge in [-0.3, -0.25) is 0 Å². The molecule has 2 aromatic rings. The molecule has 0 aliphatic heterocycles. The molecule has 0 amide bonds. The van der Waals surface area contributed by atoms with Crippen LogP contribution in [0.5, 0.6) is 0 Å². The summed E-state index contributed by atoms with van der Waals surface area (Å²) in [4.78, 5) is 0. The summed E-state index contributed by atoms with van der Waals surface area (Å²) in [5.74, 6) is 0. The molecule has 0 aliphatic carbocycles. The average Bonchev–Trinajstić information content (AvgIpc) is 2.64. The van der Waals surface area contributed by atoms with Gasteiger partial charge in [-0.25, -0.2) is 0 Å². The summed E-state index contributed by atoms with van der Waals surface area (Å²) in [5, 5.41) is 0. The Morgan fingerprint density at radius 1 is 0.600 bits per heavy atom. The van der Waals surface area contributed by atoms with Gasteiger partial charge in [0.1, 0.15) is 0 Å². The van der Waals surface area contributed by atoms with Crippen LogP contribution in [0.2, 0.25) is 6.04 Å². The van der Waals surface area contributed by atoms with E-state index in [1.165, 1.54) is 11.1 Å². The van der Waals surface area contributed by atoms with E-state index in [1.54, 1.807) is 0 Å². The van der Waals surface area contributed by atoms with Crippen molar-refractivity contribution in [2.75, 3.05) is 19.8 Å². The maximum atomic E-state index is 5.55. The molecule has 2 aromatic carbocycles. The molecule has 0 aliphatic rings. The smallest absolute Gasteiger partial charge is 0.374 e. The minimum absolute atomic E-state index is 0. The molecule has 0 heterocycles. The van der Waals surface area contributed by atoms with Crippen LogP contribution in [0.4, 0.5) is 0 Å². The monoisotopic (exact) mass is 380 g/mol. The van der Waals surface area contributed by atoms with Crippen molar-refractivity contribution in [3.05, 3.63) is 60.7 Å². The molecule has 5 heteroatoms. The normalized spacial score (nSPS) is 10.4. The van der Waals surface area contributed by atoms with E-state index in [1.807, 2.05) is 39.8 Å². The topological polar surface area (TPSA) is 27.7 Å². The first-order valence-electron chi connectivity index (χ1n) is 8.73. The molecule has 0 fully saturated rings. The van der Waals surface area contributed by atoms with E-state index in [9.17, 15) is 0 Å². The number of hydrogen-bond donors (Lipinski definition) is 0. The molecule has 25 heavy (non-hydrogen) atoms. The van der Waals surface area contributed by atoms with Gasteiger partial charge in [-0.1, -0.05) is 67.6 Å². The molecule has 3 nitrogen and oxygen atoms in total. The fourth-order valence-electron chi connectivity index (χ4n) is 2.35. The van der Waals surface area contributed by atoms with E-state index in [-0.39, 0.29) is 9.90 Å². The fourth-order valence-corrected chi connectivity index (χ4v) is 4.53. The van der Waals surface area contributed by atoms with Crippen LogP contribution in [-0.2, 0) is 13.3 Å². The van der Waals surface area contributed by atoms with Gasteiger partial charge in [-0.2, -0.15) is 9.90 Å². The van der Waals surface area contributed by atoms with Crippen LogP contribution in [0.3, 0.4) is 0 Å². The largest absolute Gasteiger partial charge is 0.500 e. The molecule has 0 saturated carbocycles. The summed E-state index contributed by atoms with van der Waals surface area (Å²) in [6, 6.07) is 21.6. The zero-order valence-corrected chi connectivity index (χ0v) is 18.4. The molecule has 2 rings (SSSR count). The van der Waals surface area contributed by atoms with E-state index in [0.29, 0.717) is 19.8 Å². The highest BCUT2D eigenvalue weighted by Crippen LogP contribution is 2.17. The maximum absolute atomic E-state index is 5.55. The van der Waals surface area contributed by atoms with Crippen LogP contribution < -0.4 is 0 Å². The SMILES string of the molecule is CCO[Si](CC)(OCC)OCC.P.c1ccc(-c2ccccc2)cc1. The van der Waals surface area contributed by atoms with Crippen LogP contribution in [-0.4, -0.2) is 28.6 Å². The second-order valence-electron chi connectivity index (χ2n) is 5.07. The van der Waals surface area contributed by atoms with Crippen LogP contribution in [0.1, 0.15) is 27.7 Å². The summed E-state index contributed by atoms with van der Waals surface area (Å²) in [5.41, 5.74) is 2.55. The Hall–Kier alpha value is -1.03. The van der Waals surface area contributed by atoms with Crippen molar-refractivity contribution in [3.63, 3.8) is 0 Å². The zero-order chi connectivity index (χ0) is 17.7. The van der Waals surface area contributed by atoms with Gasteiger partial charge >= 0.3 is 8.80 Å². The minimum Gasteiger partial charge on any atom is -0.374 e. The molecule has 0 bridgehead atoms. The van der Waals surface area contributed by atoms with Crippen LogP contribution in [0.15, 0.2) is 60.7 Å². The van der Waals surface area contributed by atoms with Crippen molar-refractivity contribution in [2.24, 2.45) is 0 Å². The van der Waals surface area contributed by atoms with E-state index < -0.39 is 8.80 Å². The van der Waals surface area contributed by atoms with Gasteiger partial charge in [0, 0.05) is 25.9 Å². The summed E-state index contributed by atoms with van der Waals surface area (Å²) in [6.45, 7) is 9.95. The third kappa shape index (κ3) is 8.75. The summed E-state index contributed by atoms with van der Waals surface area (Å²) >= 11 is 0. The Bertz CT molecular complexity index is 483. The zero-order valence-electron chi connectivity index (χ0n) is 16.0. The second kappa shape index (κ2) is 14.2. The molecule has 1 unspecified atom stereocenters. The van der Waals surface area contributed by atoms with Crippen molar-refractivity contribution in [1.82, 2.24) is 0 Å². The van der Waals surface area contributed by atoms with Gasteiger partial charge in [-0.15, -0.1) is 0 Å². The van der Waals surface area contributed by atoms with Crippen LogP contribution >= 0.6 is 9.90 Å². The quantitative estimate of drug-likeness (QED) is 0.449. The van der Waals surface area contributed by atoms with Crippen LogP contribution in [0, 0.1) is 0 Å². The Balaban J connectivity index is 0.000000443. The molecule has 0 spiro atoms. The second-order valence-corrected chi connectivity index (χ2v) is 8.01. The lowest BCUT2D eigenvalue weighted by Crippen LogP contribution is -2.45. The van der Waals surface area contributed by atoms with Gasteiger partial charge in [0.15, 0.2) is 0 Å². The summed E-state index contributed by atoms with van der Waals surface area (Å²) in [7, 11) is -2.27. The highest BCUT2D eigenvalue weighted by atomic mass is 31.0. The highest BCUT2D eigenvalue weighted by molar-refractivity contribution is 6.92. The van der Waals surface area contributed by atoms with Gasteiger partial charge in [0.05, 0.1) is 0 Å². The standard InChI is InChI=1S/C12H10.C8H20O3Si.H3P/c1-3-7-11(8-4-1)12-9-5-2-6-10-12;1-5-9-12(8-4,10-6-2)11-7-3;/h1-10H;5-8H2,1-4H3;1H3. The molecular formula is C20H33O3PSi. The summed E-state index contributed by atoms with van der Waals surface area (Å²) < 4.78 is 16.7. The third-order valence-electron chi connectivity index (χ3n) is 3.41. The van der Waals surface area contributed by atoms with Crippen molar-refractivity contribution in [2.45, 2.75) is 33.7 Å². The highest BCUT2D eigenvalue weighted by Gasteiger charge is 2.37. The molecule has 0 saturated heterocycles. The Kier molecular flexibility index (Phi) is 13.6. The average molecular weight is 381 g/mol. The van der Waals surface area contributed by atoms with Gasteiger partial charge in [0.2, 0.25) is 0 Å². The lowest BCUT2D eigenvalue weighted by molar-refractivity contribution is 0.0725. The van der Waals surface area contributed by atoms with Gasteiger partial charge < -0.3 is 13.3 Å². The number of hydrogen-bond acceptors (Lipinski definition) is 3. The predicted molar refractivity (Wildman–Crippen MR) is 114 cm³/mol. The lowest BCUT2D eigenvalue weighted by Gasteiger charge is -2.26. The van der Waals surface area contributed by atoms with Gasteiger partial charge in [-0.05, 0) is 31.9 Å². The maximum Gasteiger partial charge on any atom is 0.500 e. The molecule has 0 aromatic heterocycles. The van der Waals surface area contributed by atoms with E-state index in [4.69, 9.17) is 13.3 Å². The third-order valence-corrected chi connectivity index (χ3v) is 6.46. The van der Waals surface area contributed by atoms with E-state index in [2.05, 4.69) is 48.5 Å². The van der Waals surface area contributed by atoms with Crippen LogP contribution in [0.25, 0.3) is 11.1 Å². The first-order valence-corrected chi connectivity index (χ1v) is 10.7. The lowest BCUT2D eigenvalue weighted by atomic mass is 10.1. The first-order chi connectivity index (χ1) is 11.7. The minimum atomic E-state index is -2.27.